The lowest BCUT2D eigenvalue weighted by molar-refractivity contribution is -0.128. The zero-order valence-electron chi connectivity index (χ0n) is 15.7. The fourth-order valence-electron chi connectivity index (χ4n) is 3.47. The van der Waals surface area contributed by atoms with Gasteiger partial charge in [-0.05, 0) is 53.6 Å². The Labute approximate surface area is 167 Å². The van der Waals surface area contributed by atoms with Crippen molar-refractivity contribution in [2.75, 3.05) is 23.5 Å². The molecule has 0 aliphatic carbocycles. The third-order valence-corrected chi connectivity index (χ3v) is 5.57. The summed E-state index contributed by atoms with van der Waals surface area (Å²) in [6.07, 6.45) is 0. The SMILES string of the molecule is COc1ccccc1N1CC(=O)N(c2ccc(C)cc2)[C@@H](c2ccsc2)C1=O. The van der Waals surface area contributed by atoms with E-state index in [1.807, 2.05) is 60.1 Å². The fourth-order valence-corrected chi connectivity index (χ4v) is 4.15. The third kappa shape index (κ3) is 3.16. The summed E-state index contributed by atoms with van der Waals surface area (Å²) in [4.78, 5) is 29.9. The van der Waals surface area contributed by atoms with E-state index in [4.69, 9.17) is 4.74 Å². The summed E-state index contributed by atoms with van der Waals surface area (Å²) in [6, 6.07) is 16.1. The van der Waals surface area contributed by atoms with Gasteiger partial charge in [-0.1, -0.05) is 29.8 Å². The Bertz CT molecular complexity index is 999. The molecule has 6 heteroatoms. The van der Waals surface area contributed by atoms with Gasteiger partial charge in [0.05, 0.1) is 12.8 Å². The molecule has 1 atom stereocenters. The second-order valence-electron chi connectivity index (χ2n) is 6.65. The summed E-state index contributed by atoms with van der Waals surface area (Å²) >= 11 is 1.51. The maximum absolute atomic E-state index is 13.6. The first-order valence-electron chi connectivity index (χ1n) is 8.95. The molecule has 2 aromatic carbocycles. The molecule has 1 aliphatic rings. The van der Waals surface area contributed by atoms with Gasteiger partial charge in [0.15, 0.2) is 0 Å². The van der Waals surface area contributed by atoms with Crippen molar-refractivity contribution in [2.24, 2.45) is 0 Å². The van der Waals surface area contributed by atoms with Gasteiger partial charge in [0.25, 0.3) is 5.91 Å². The first-order chi connectivity index (χ1) is 13.6. The van der Waals surface area contributed by atoms with Crippen LogP contribution >= 0.6 is 11.3 Å². The van der Waals surface area contributed by atoms with Gasteiger partial charge in [-0.25, -0.2) is 0 Å². The van der Waals surface area contributed by atoms with Crippen LogP contribution in [0.5, 0.6) is 5.75 Å². The first-order valence-corrected chi connectivity index (χ1v) is 9.89. The number of hydrogen-bond donors (Lipinski definition) is 0. The van der Waals surface area contributed by atoms with Crippen LogP contribution in [0.15, 0.2) is 65.4 Å². The molecule has 1 fully saturated rings. The van der Waals surface area contributed by atoms with E-state index in [2.05, 4.69) is 0 Å². The molecular weight excluding hydrogens is 372 g/mol. The zero-order chi connectivity index (χ0) is 19.7. The lowest BCUT2D eigenvalue weighted by atomic mass is 10.0. The molecule has 5 nitrogen and oxygen atoms in total. The number of para-hydroxylation sites is 2. The molecule has 2 amide bonds. The maximum atomic E-state index is 13.6. The average molecular weight is 392 g/mol. The predicted octanol–water partition coefficient (Wildman–Crippen LogP) is 4.19. The minimum Gasteiger partial charge on any atom is -0.495 e. The quantitative estimate of drug-likeness (QED) is 0.669. The maximum Gasteiger partial charge on any atom is 0.255 e. The number of aryl methyl sites for hydroxylation is 1. The van der Waals surface area contributed by atoms with E-state index in [9.17, 15) is 9.59 Å². The normalized spacial score (nSPS) is 17.1. The third-order valence-electron chi connectivity index (χ3n) is 4.87. The Balaban J connectivity index is 1.80. The molecule has 0 N–H and O–H groups in total. The van der Waals surface area contributed by atoms with E-state index in [1.165, 1.54) is 16.2 Å². The standard InChI is InChI=1S/C22H20N2O3S/c1-15-7-9-17(10-8-15)24-20(25)13-23(18-5-3-4-6-19(18)27-2)22(26)21(24)16-11-12-28-14-16/h3-12,14,21H,13H2,1-2H3/t21-/m0/s1. The van der Waals surface area contributed by atoms with E-state index in [0.717, 1.165) is 16.8 Å². The predicted molar refractivity (Wildman–Crippen MR) is 111 cm³/mol. The van der Waals surface area contributed by atoms with Crippen LogP contribution in [0.2, 0.25) is 0 Å². The Hall–Kier alpha value is -3.12. The summed E-state index contributed by atoms with van der Waals surface area (Å²) in [5.41, 5.74) is 3.23. The van der Waals surface area contributed by atoms with Gasteiger partial charge in [-0.15, -0.1) is 0 Å². The van der Waals surface area contributed by atoms with Crippen LogP contribution in [0.4, 0.5) is 11.4 Å². The van der Waals surface area contributed by atoms with Crippen molar-refractivity contribution in [2.45, 2.75) is 13.0 Å². The van der Waals surface area contributed by atoms with Crippen molar-refractivity contribution in [1.29, 1.82) is 0 Å². The molecule has 1 aliphatic heterocycles. The molecule has 3 aromatic rings. The molecule has 0 spiro atoms. The van der Waals surface area contributed by atoms with E-state index >= 15 is 0 Å². The van der Waals surface area contributed by atoms with Gasteiger partial charge in [0, 0.05) is 5.69 Å². The van der Waals surface area contributed by atoms with Crippen LogP contribution in [0.3, 0.4) is 0 Å². The highest BCUT2D eigenvalue weighted by Crippen LogP contribution is 2.37. The molecule has 0 unspecified atom stereocenters. The number of methoxy groups -OCH3 is 1. The number of anilines is 2. The highest BCUT2D eigenvalue weighted by atomic mass is 32.1. The van der Waals surface area contributed by atoms with Crippen LogP contribution in [-0.2, 0) is 9.59 Å². The smallest absolute Gasteiger partial charge is 0.255 e. The van der Waals surface area contributed by atoms with Crippen molar-refractivity contribution in [1.82, 2.24) is 0 Å². The number of rotatable bonds is 4. The van der Waals surface area contributed by atoms with Gasteiger partial charge in [0.2, 0.25) is 5.91 Å². The summed E-state index contributed by atoms with van der Waals surface area (Å²) in [5, 5.41) is 3.84. The molecule has 4 rings (SSSR count). The van der Waals surface area contributed by atoms with Gasteiger partial charge >= 0.3 is 0 Å². The summed E-state index contributed by atoms with van der Waals surface area (Å²) in [5.74, 6) is 0.283. The van der Waals surface area contributed by atoms with Crippen LogP contribution in [0.1, 0.15) is 17.2 Å². The molecule has 0 bridgehead atoms. The van der Waals surface area contributed by atoms with E-state index in [0.29, 0.717) is 11.4 Å². The molecule has 28 heavy (non-hydrogen) atoms. The van der Waals surface area contributed by atoms with Crippen LogP contribution in [-0.4, -0.2) is 25.5 Å². The van der Waals surface area contributed by atoms with Crippen molar-refractivity contribution >= 4 is 34.5 Å². The van der Waals surface area contributed by atoms with Crippen LogP contribution in [0.25, 0.3) is 0 Å². The molecule has 1 aromatic heterocycles. The number of piperazine rings is 1. The number of carbonyl (C=O) groups is 2. The second-order valence-corrected chi connectivity index (χ2v) is 7.43. The van der Waals surface area contributed by atoms with Gasteiger partial charge < -0.3 is 4.74 Å². The number of nitrogens with zero attached hydrogens (tertiary/aromatic N) is 2. The van der Waals surface area contributed by atoms with Crippen molar-refractivity contribution in [3.8, 4) is 5.75 Å². The molecule has 2 heterocycles. The number of thiophene rings is 1. The number of ether oxygens (including phenoxy) is 1. The molecule has 1 saturated heterocycles. The van der Waals surface area contributed by atoms with E-state index < -0.39 is 6.04 Å². The van der Waals surface area contributed by atoms with E-state index in [-0.39, 0.29) is 18.4 Å². The van der Waals surface area contributed by atoms with Gasteiger partial charge in [0.1, 0.15) is 18.3 Å². The Morgan fingerprint density at radius 2 is 1.79 bits per heavy atom. The summed E-state index contributed by atoms with van der Waals surface area (Å²) < 4.78 is 5.42. The first kappa shape index (κ1) is 18.3. The van der Waals surface area contributed by atoms with E-state index in [1.54, 1.807) is 24.1 Å². The summed E-state index contributed by atoms with van der Waals surface area (Å²) in [6.45, 7) is 1.96. The van der Waals surface area contributed by atoms with Gasteiger partial charge in [-0.2, -0.15) is 11.3 Å². The lowest BCUT2D eigenvalue weighted by Crippen LogP contribution is -2.56. The highest BCUT2D eigenvalue weighted by Gasteiger charge is 2.42. The monoisotopic (exact) mass is 392 g/mol. The molecule has 0 saturated carbocycles. The number of hydrogen-bond acceptors (Lipinski definition) is 4. The van der Waals surface area contributed by atoms with Crippen molar-refractivity contribution in [3.63, 3.8) is 0 Å². The topological polar surface area (TPSA) is 49.9 Å². The Morgan fingerprint density at radius 3 is 2.46 bits per heavy atom. The number of benzene rings is 2. The zero-order valence-corrected chi connectivity index (χ0v) is 16.5. The Kier molecular flexibility index (Phi) is 4.88. The fraction of sp³-hybridized carbons (Fsp3) is 0.182. The number of carbonyl (C=O) groups excluding carboxylic acids is 2. The molecule has 142 valence electrons. The van der Waals surface area contributed by atoms with Crippen LogP contribution < -0.4 is 14.5 Å². The highest BCUT2D eigenvalue weighted by molar-refractivity contribution is 7.08. The molecule has 0 radical (unpaired) electrons. The number of amides is 2. The largest absolute Gasteiger partial charge is 0.495 e. The minimum atomic E-state index is -0.708. The molecular formula is C22H20N2O3S. The average Bonchev–Trinajstić information content (AvgIpc) is 3.24. The van der Waals surface area contributed by atoms with Gasteiger partial charge in [-0.3, -0.25) is 19.4 Å². The minimum absolute atomic E-state index is 0.0340. The lowest BCUT2D eigenvalue weighted by Gasteiger charge is -2.40. The second kappa shape index (κ2) is 7.48. The summed E-state index contributed by atoms with van der Waals surface area (Å²) in [7, 11) is 1.56. The Morgan fingerprint density at radius 1 is 1.04 bits per heavy atom. The van der Waals surface area contributed by atoms with Crippen molar-refractivity contribution < 1.29 is 14.3 Å². The van der Waals surface area contributed by atoms with Crippen molar-refractivity contribution in [3.05, 3.63) is 76.5 Å². The van der Waals surface area contributed by atoms with Crippen LogP contribution in [0, 0.1) is 6.92 Å².